The summed E-state index contributed by atoms with van der Waals surface area (Å²) in [4.78, 5) is 27.1. The Kier molecular flexibility index (Phi) is 8.67. The number of ether oxygens (including phenoxy) is 3. The molecule has 8 nitrogen and oxygen atoms in total. The Labute approximate surface area is 243 Å². The van der Waals surface area contributed by atoms with Gasteiger partial charge in [-0.15, -0.1) is 13.2 Å². The molecule has 0 spiro atoms. The van der Waals surface area contributed by atoms with Crippen LogP contribution in [0.2, 0.25) is 5.02 Å². The van der Waals surface area contributed by atoms with Crippen molar-refractivity contribution < 1.29 is 41.5 Å². The summed E-state index contributed by atoms with van der Waals surface area (Å²) in [5.41, 5.74) is 2.60. The molecule has 0 saturated carbocycles. The van der Waals surface area contributed by atoms with E-state index in [2.05, 4.69) is 9.89 Å². The van der Waals surface area contributed by atoms with Crippen LogP contribution in [0, 0.1) is 0 Å². The number of aromatic nitrogens is 1. The molecule has 42 heavy (non-hydrogen) atoms. The molecule has 218 valence electrons. The number of nitrogens with zero attached hydrogens (tertiary/aromatic N) is 2. The van der Waals surface area contributed by atoms with Crippen LogP contribution in [-0.4, -0.2) is 41.1 Å². The third kappa shape index (κ3) is 7.22. The zero-order chi connectivity index (χ0) is 29.7. The fourth-order valence-electron chi connectivity index (χ4n) is 4.67. The summed E-state index contributed by atoms with van der Waals surface area (Å²) in [7, 11) is 0. The summed E-state index contributed by atoms with van der Waals surface area (Å²) >= 11 is 5.81. The van der Waals surface area contributed by atoms with E-state index in [1.54, 1.807) is 30.3 Å². The first-order valence-corrected chi connectivity index (χ1v) is 13.2. The third-order valence-electron chi connectivity index (χ3n) is 6.65. The van der Waals surface area contributed by atoms with E-state index in [0.717, 1.165) is 11.6 Å². The second-order valence-corrected chi connectivity index (χ2v) is 9.94. The number of amides is 2. The molecule has 2 unspecified atom stereocenters. The van der Waals surface area contributed by atoms with Gasteiger partial charge in [-0.2, -0.15) is 0 Å². The zero-order valence-electron chi connectivity index (χ0n) is 21.9. The van der Waals surface area contributed by atoms with E-state index in [1.165, 1.54) is 23.3 Å². The van der Waals surface area contributed by atoms with Gasteiger partial charge in [0, 0.05) is 18.4 Å². The Bertz CT molecular complexity index is 1510. The van der Waals surface area contributed by atoms with E-state index >= 15 is 0 Å². The molecular formula is C30H24ClF3N2O6. The Morgan fingerprint density at radius 1 is 1.05 bits per heavy atom. The van der Waals surface area contributed by atoms with Crippen LogP contribution in [0.1, 0.15) is 34.7 Å². The fourth-order valence-corrected chi connectivity index (χ4v) is 4.83. The summed E-state index contributed by atoms with van der Waals surface area (Å²) in [6.07, 6.45) is -3.76. The quantitative estimate of drug-likeness (QED) is 0.195. The number of hydrogen-bond acceptors (Lipinski definition) is 7. The molecule has 2 heterocycles. The highest BCUT2D eigenvalue weighted by atomic mass is 35.5. The molecule has 1 aromatic heterocycles. The third-order valence-corrected chi connectivity index (χ3v) is 6.96. The Morgan fingerprint density at radius 3 is 2.50 bits per heavy atom. The van der Waals surface area contributed by atoms with Gasteiger partial charge < -0.3 is 18.7 Å². The van der Waals surface area contributed by atoms with Gasteiger partial charge in [-0.25, -0.2) is 9.69 Å². The molecular weight excluding hydrogens is 577 g/mol. The van der Waals surface area contributed by atoms with Gasteiger partial charge in [0.2, 0.25) is 5.91 Å². The molecule has 5 rings (SSSR count). The van der Waals surface area contributed by atoms with Gasteiger partial charge in [0.25, 0.3) is 0 Å². The van der Waals surface area contributed by atoms with Gasteiger partial charge in [0.05, 0.1) is 16.8 Å². The van der Waals surface area contributed by atoms with Crippen LogP contribution in [0.25, 0.3) is 0 Å². The van der Waals surface area contributed by atoms with Crippen molar-refractivity contribution in [2.45, 2.75) is 37.8 Å². The average Bonchev–Trinajstić information content (AvgIpc) is 3.62. The summed E-state index contributed by atoms with van der Waals surface area (Å²) in [6.45, 7) is 0.0629. The number of imide groups is 1. The van der Waals surface area contributed by atoms with Crippen LogP contribution in [0.4, 0.5) is 18.0 Å². The van der Waals surface area contributed by atoms with Crippen LogP contribution in [-0.2, 0) is 22.6 Å². The maximum Gasteiger partial charge on any atom is 0.573 e. The van der Waals surface area contributed by atoms with Crippen molar-refractivity contribution in [1.82, 2.24) is 10.1 Å². The Morgan fingerprint density at radius 2 is 1.81 bits per heavy atom. The zero-order valence-corrected chi connectivity index (χ0v) is 22.7. The molecule has 0 radical (unpaired) electrons. The van der Waals surface area contributed by atoms with Crippen molar-refractivity contribution in [1.29, 1.82) is 0 Å². The maximum atomic E-state index is 13.5. The topological polar surface area (TPSA) is 91.1 Å². The van der Waals surface area contributed by atoms with Crippen LogP contribution in [0.15, 0.2) is 89.6 Å². The van der Waals surface area contributed by atoms with E-state index < -0.39 is 36.1 Å². The number of halogens is 4. The molecule has 12 heteroatoms. The number of alkyl halides is 3. The number of cyclic esters (lactones) is 1. The molecule has 0 aliphatic carbocycles. The molecule has 3 aromatic carbocycles. The first-order chi connectivity index (χ1) is 20.2. The summed E-state index contributed by atoms with van der Waals surface area (Å²) in [5.74, 6) is -1.03. The molecule has 2 amide bonds. The van der Waals surface area contributed by atoms with Gasteiger partial charge in [0.1, 0.15) is 31.0 Å². The molecule has 1 aliphatic heterocycles. The summed E-state index contributed by atoms with van der Waals surface area (Å²) < 4.78 is 57.8. The molecule has 4 aromatic rings. The van der Waals surface area contributed by atoms with Crippen LogP contribution in [0.5, 0.6) is 11.5 Å². The molecule has 1 saturated heterocycles. The molecule has 0 bridgehead atoms. The normalized spacial score (nSPS) is 15.8. The fraction of sp³-hybridized carbons (Fsp3) is 0.233. The van der Waals surface area contributed by atoms with E-state index in [4.69, 9.17) is 25.6 Å². The summed E-state index contributed by atoms with van der Waals surface area (Å²) in [6, 6.07) is 21.5. The standard InChI is InChI=1S/C30H24ClF3N2O6/c31-25-11-6-20(15-27(25)42-30(32,33)34)17-39-23-9-7-21(8-10-23)24(26-12-13-41-35-26)16-28(37)36-22(18-40-29(36)38)14-19-4-2-1-3-5-19/h1-13,15,22,24H,14,16-18H2. The molecule has 1 aliphatic rings. The second-order valence-electron chi connectivity index (χ2n) is 9.54. The van der Waals surface area contributed by atoms with Gasteiger partial charge in [0.15, 0.2) is 0 Å². The van der Waals surface area contributed by atoms with E-state index in [-0.39, 0.29) is 24.7 Å². The maximum absolute atomic E-state index is 13.5. The first-order valence-electron chi connectivity index (χ1n) is 12.9. The highest BCUT2D eigenvalue weighted by molar-refractivity contribution is 6.32. The number of carbonyl (C=O) groups excluding carboxylic acids is 2. The predicted octanol–water partition coefficient (Wildman–Crippen LogP) is 6.92. The van der Waals surface area contributed by atoms with Gasteiger partial charge in [-0.1, -0.05) is 65.3 Å². The van der Waals surface area contributed by atoms with Crippen LogP contribution >= 0.6 is 11.6 Å². The number of rotatable bonds is 10. The van der Waals surface area contributed by atoms with E-state index in [0.29, 0.717) is 29.0 Å². The monoisotopic (exact) mass is 600 g/mol. The van der Waals surface area contributed by atoms with Crippen molar-refractivity contribution in [3.63, 3.8) is 0 Å². The lowest BCUT2D eigenvalue weighted by Gasteiger charge is -2.22. The van der Waals surface area contributed by atoms with Crippen molar-refractivity contribution in [3.05, 3.63) is 113 Å². The number of carbonyl (C=O) groups is 2. The van der Waals surface area contributed by atoms with Gasteiger partial charge in [-0.3, -0.25) is 4.79 Å². The minimum Gasteiger partial charge on any atom is -0.489 e. The highest BCUT2D eigenvalue weighted by Gasteiger charge is 2.39. The Balaban J connectivity index is 1.27. The minimum absolute atomic E-state index is 0.0458. The number of benzene rings is 3. The van der Waals surface area contributed by atoms with Crippen molar-refractivity contribution in [2.24, 2.45) is 0 Å². The molecule has 0 N–H and O–H groups in total. The van der Waals surface area contributed by atoms with Crippen molar-refractivity contribution in [2.75, 3.05) is 6.61 Å². The van der Waals surface area contributed by atoms with Gasteiger partial charge in [-0.05, 0) is 47.4 Å². The molecule has 2 atom stereocenters. The Hall–Kier alpha value is -4.51. The van der Waals surface area contributed by atoms with Crippen LogP contribution in [0.3, 0.4) is 0 Å². The SMILES string of the molecule is O=C(CC(c1ccc(OCc2ccc(Cl)c(OC(F)(F)F)c2)cc1)c1ccon1)N1C(=O)OCC1Cc1ccccc1. The van der Waals surface area contributed by atoms with Crippen molar-refractivity contribution in [3.8, 4) is 11.5 Å². The first kappa shape index (κ1) is 29.0. The minimum atomic E-state index is -4.88. The lowest BCUT2D eigenvalue weighted by molar-refractivity contribution is -0.274. The molecule has 1 fully saturated rings. The number of hydrogen-bond donors (Lipinski definition) is 0. The van der Waals surface area contributed by atoms with Gasteiger partial charge >= 0.3 is 12.5 Å². The van der Waals surface area contributed by atoms with Crippen LogP contribution < -0.4 is 9.47 Å². The lowest BCUT2D eigenvalue weighted by Crippen LogP contribution is -2.40. The van der Waals surface area contributed by atoms with E-state index in [1.807, 2.05) is 30.3 Å². The van der Waals surface area contributed by atoms with E-state index in [9.17, 15) is 22.8 Å². The highest BCUT2D eigenvalue weighted by Crippen LogP contribution is 2.33. The lowest BCUT2D eigenvalue weighted by atomic mass is 9.91. The second kappa shape index (κ2) is 12.6. The smallest absolute Gasteiger partial charge is 0.489 e. The summed E-state index contributed by atoms with van der Waals surface area (Å²) in [5, 5.41) is 3.84. The van der Waals surface area contributed by atoms with Crippen molar-refractivity contribution >= 4 is 23.6 Å². The largest absolute Gasteiger partial charge is 0.573 e. The predicted molar refractivity (Wildman–Crippen MR) is 144 cm³/mol. The average molecular weight is 601 g/mol.